The smallest absolute Gasteiger partial charge is 0.104 e. The average molecular weight is 237 g/mol. The first kappa shape index (κ1) is 14.5. The lowest BCUT2D eigenvalue weighted by molar-refractivity contribution is 0.266. The van der Waals surface area contributed by atoms with Crippen molar-refractivity contribution < 1.29 is 0 Å². The van der Waals surface area contributed by atoms with Gasteiger partial charge in [0.15, 0.2) is 0 Å². The second kappa shape index (κ2) is 6.98. The molecule has 1 rings (SSSR count). The Kier molecular flexibility index (Phi) is 5.94. The highest BCUT2D eigenvalue weighted by Crippen LogP contribution is 2.25. The van der Waals surface area contributed by atoms with Gasteiger partial charge in [-0.1, -0.05) is 19.8 Å². The molecule has 17 heavy (non-hydrogen) atoms. The van der Waals surface area contributed by atoms with Crippen molar-refractivity contribution in [3.63, 3.8) is 0 Å². The van der Waals surface area contributed by atoms with Crippen LogP contribution in [-0.2, 0) is 0 Å². The summed E-state index contributed by atoms with van der Waals surface area (Å²) in [5.41, 5.74) is 5.36. The molecule has 2 N–H and O–H groups in total. The van der Waals surface area contributed by atoms with Gasteiger partial charge in [-0.15, -0.1) is 0 Å². The molecule has 1 saturated carbocycles. The number of nitrogens with two attached hydrogens (primary N) is 1. The van der Waals surface area contributed by atoms with Crippen LogP contribution in [0.3, 0.4) is 0 Å². The van der Waals surface area contributed by atoms with Crippen LogP contribution in [-0.4, -0.2) is 30.6 Å². The fourth-order valence-corrected chi connectivity index (χ4v) is 2.70. The number of hydrogen-bond donors (Lipinski definition) is 1. The zero-order chi connectivity index (χ0) is 12.7. The molecule has 0 radical (unpaired) electrons. The van der Waals surface area contributed by atoms with Gasteiger partial charge in [-0.3, -0.25) is 0 Å². The predicted molar refractivity (Wildman–Crippen MR) is 71.5 cm³/mol. The van der Waals surface area contributed by atoms with E-state index >= 15 is 0 Å². The molecule has 0 saturated heterocycles. The third-order valence-electron chi connectivity index (χ3n) is 4.06. The Morgan fingerprint density at radius 1 is 1.41 bits per heavy atom. The maximum atomic E-state index is 8.99. The van der Waals surface area contributed by atoms with Crippen LogP contribution in [0.4, 0.5) is 0 Å². The molecule has 0 aromatic heterocycles. The quantitative estimate of drug-likeness (QED) is 0.740. The number of nitriles is 1. The number of rotatable bonds is 7. The van der Waals surface area contributed by atoms with Crippen LogP contribution in [0.25, 0.3) is 0 Å². The summed E-state index contributed by atoms with van der Waals surface area (Å²) >= 11 is 0. The highest BCUT2D eigenvalue weighted by atomic mass is 15.1. The van der Waals surface area contributed by atoms with E-state index in [2.05, 4.69) is 18.0 Å². The summed E-state index contributed by atoms with van der Waals surface area (Å²) in [4.78, 5) is 2.41. The van der Waals surface area contributed by atoms with E-state index in [0.29, 0.717) is 0 Å². The molecule has 3 nitrogen and oxygen atoms in total. The monoisotopic (exact) mass is 237 g/mol. The summed E-state index contributed by atoms with van der Waals surface area (Å²) in [6.45, 7) is 4.28. The molecule has 1 aliphatic rings. The van der Waals surface area contributed by atoms with Crippen molar-refractivity contribution in [1.29, 1.82) is 5.26 Å². The third-order valence-corrected chi connectivity index (χ3v) is 4.06. The van der Waals surface area contributed by atoms with E-state index in [1.165, 1.54) is 32.2 Å². The minimum atomic E-state index is -0.603. The maximum absolute atomic E-state index is 8.99. The molecular weight excluding hydrogens is 210 g/mol. The lowest BCUT2D eigenvalue weighted by atomic mass is 9.93. The van der Waals surface area contributed by atoms with Gasteiger partial charge >= 0.3 is 0 Å². The topological polar surface area (TPSA) is 53.1 Å². The van der Waals surface area contributed by atoms with E-state index in [1.807, 2.05) is 6.92 Å². The minimum Gasteiger partial charge on any atom is -0.313 e. The largest absolute Gasteiger partial charge is 0.313 e. The summed E-state index contributed by atoms with van der Waals surface area (Å²) in [5, 5.41) is 8.99. The molecule has 0 aliphatic heterocycles. The lowest BCUT2D eigenvalue weighted by Gasteiger charge is -2.23. The fraction of sp³-hybridized carbons (Fsp3) is 0.929. The Balaban J connectivity index is 2.15. The van der Waals surface area contributed by atoms with Gasteiger partial charge in [0, 0.05) is 6.54 Å². The first-order valence-electron chi connectivity index (χ1n) is 6.98. The van der Waals surface area contributed by atoms with Crippen LogP contribution in [0.1, 0.15) is 51.9 Å². The minimum absolute atomic E-state index is 0.603. The van der Waals surface area contributed by atoms with Crippen LogP contribution in [0.5, 0.6) is 0 Å². The zero-order valence-electron chi connectivity index (χ0n) is 11.4. The highest BCUT2D eigenvalue weighted by Gasteiger charge is 2.22. The first-order chi connectivity index (χ1) is 8.09. The Bertz CT molecular complexity index is 253. The molecule has 1 unspecified atom stereocenters. The van der Waals surface area contributed by atoms with Crippen molar-refractivity contribution in [2.45, 2.75) is 57.4 Å². The normalized spacial score (nSPS) is 20.4. The molecule has 0 heterocycles. The molecular formula is C14H27N3. The Hall–Kier alpha value is -0.590. The number of nitrogens with zero attached hydrogens (tertiary/aromatic N) is 2. The van der Waals surface area contributed by atoms with Crippen molar-refractivity contribution in [3.05, 3.63) is 0 Å². The van der Waals surface area contributed by atoms with E-state index in [1.54, 1.807) is 0 Å². The average Bonchev–Trinajstić information content (AvgIpc) is 2.81. The zero-order valence-corrected chi connectivity index (χ0v) is 11.4. The molecule has 0 amide bonds. The van der Waals surface area contributed by atoms with Crippen LogP contribution in [0, 0.1) is 17.2 Å². The predicted octanol–water partition coefficient (Wildman–Crippen LogP) is 2.52. The van der Waals surface area contributed by atoms with Gasteiger partial charge in [-0.2, -0.15) is 5.26 Å². The van der Waals surface area contributed by atoms with Gasteiger partial charge in [-0.05, 0) is 51.6 Å². The lowest BCUT2D eigenvalue weighted by Crippen LogP contribution is -2.38. The molecule has 3 heteroatoms. The molecule has 1 atom stereocenters. The molecule has 98 valence electrons. The van der Waals surface area contributed by atoms with E-state index in [9.17, 15) is 0 Å². The van der Waals surface area contributed by atoms with Crippen LogP contribution >= 0.6 is 0 Å². The fourth-order valence-electron chi connectivity index (χ4n) is 2.70. The Morgan fingerprint density at radius 2 is 2.06 bits per heavy atom. The standard InChI is InChI=1S/C14H27N3/c1-3-14(16,12-15)9-6-10-17(2)11-13-7-4-5-8-13/h13H,3-11,16H2,1-2H3. The number of hydrogen-bond acceptors (Lipinski definition) is 3. The molecule has 1 fully saturated rings. The van der Waals surface area contributed by atoms with Gasteiger partial charge in [0.25, 0.3) is 0 Å². The van der Waals surface area contributed by atoms with Crippen molar-refractivity contribution >= 4 is 0 Å². The Morgan fingerprint density at radius 3 is 2.59 bits per heavy atom. The molecule has 0 spiro atoms. The second-order valence-electron chi connectivity index (χ2n) is 5.64. The van der Waals surface area contributed by atoms with Gasteiger partial charge in [0.1, 0.15) is 5.54 Å². The van der Waals surface area contributed by atoms with Gasteiger partial charge < -0.3 is 10.6 Å². The summed E-state index contributed by atoms with van der Waals surface area (Å²) in [5.74, 6) is 0.907. The summed E-state index contributed by atoms with van der Waals surface area (Å²) in [7, 11) is 2.19. The summed E-state index contributed by atoms with van der Waals surface area (Å²) in [6.07, 6.45) is 8.21. The SMILES string of the molecule is CCC(N)(C#N)CCCN(C)CC1CCCC1. The molecule has 1 aliphatic carbocycles. The van der Waals surface area contributed by atoms with Crippen molar-refractivity contribution in [1.82, 2.24) is 4.90 Å². The highest BCUT2D eigenvalue weighted by molar-refractivity contribution is 5.03. The van der Waals surface area contributed by atoms with Crippen molar-refractivity contribution in [2.24, 2.45) is 11.7 Å². The van der Waals surface area contributed by atoms with Crippen LogP contribution in [0.15, 0.2) is 0 Å². The van der Waals surface area contributed by atoms with Crippen LogP contribution in [0.2, 0.25) is 0 Å². The maximum Gasteiger partial charge on any atom is 0.104 e. The van der Waals surface area contributed by atoms with Crippen LogP contribution < -0.4 is 5.73 Å². The Labute approximate surface area is 106 Å². The van der Waals surface area contributed by atoms with E-state index in [-0.39, 0.29) is 0 Å². The van der Waals surface area contributed by atoms with Gasteiger partial charge in [0.2, 0.25) is 0 Å². The van der Waals surface area contributed by atoms with Gasteiger partial charge in [0.05, 0.1) is 6.07 Å². The van der Waals surface area contributed by atoms with Crippen molar-refractivity contribution in [3.8, 4) is 6.07 Å². The summed E-state index contributed by atoms with van der Waals surface area (Å²) < 4.78 is 0. The molecule has 0 bridgehead atoms. The van der Waals surface area contributed by atoms with E-state index in [0.717, 1.165) is 31.7 Å². The van der Waals surface area contributed by atoms with Crippen molar-refractivity contribution in [2.75, 3.05) is 20.1 Å². The first-order valence-corrected chi connectivity index (χ1v) is 6.98. The second-order valence-corrected chi connectivity index (χ2v) is 5.64. The van der Waals surface area contributed by atoms with E-state index in [4.69, 9.17) is 11.0 Å². The molecule has 0 aromatic carbocycles. The third kappa shape index (κ3) is 5.06. The molecule has 0 aromatic rings. The van der Waals surface area contributed by atoms with Gasteiger partial charge in [-0.25, -0.2) is 0 Å². The van der Waals surface area contributed by atoms with E-state index < -0.39 is 5.54 Å². The summed E-state index contributed by atoms with van der Waals surface area (Å²) in [6, 6.07) is 2.23.